The normalized spacial score (nSPS) is 10.9. The summed E-state index contributed by atoms with van der Waals surface area (Å²) in [6.07, 6.45) is 1.78. The third-order valence-corrected chi connectivity index (χ3v) is 3.00. The van der Waals surface area contributed by atoms with Gasteiger partial charge in [-0.25, -0.2) is 9.97 Å². The van der Waals surface area contributed by atoms with Gasteiger partial charge in [0.15, 0.2) is 5.58 Å². The van der Waals surface area contributed by atoms with E-state index in [9.17, 15) is 0 Å². The lowest BCUT2D eigenvalue weighted by Gasteiger charge is -2.10. The Balaban J connectivity index is 2.03. The second kappa shape index (κ2) is 4.39. The highest BCUT2D eigenvalue weighted by atomic mass is 16.3. The largest absolute Gasteiger partial charge is 0.436 e. The molecule has 0 radical (unpaired) electrons. The molecule has 0 atom stereocenters. The van der Waals surface area contributed by atoms with Gasteiger partial charge in [0.2, 0.25) is 5.89 Å². The van der Waals surface area contributed by atoms with E-state index in [2.05, 4.69) is 9.97 Å². The van der Waals surface area contributed by atoms with Crippen LogP contribution >= 0.6 is 0 Å². The van der Waals surface area contributed by atoms with E-state index in [1.807, 2.05) is 56.3 Å². The SMILES string of the molecule is Cc1ccc2nc(-c3ccc(N(C)C)nc3)oc2c1. The zero-order valence-corrected chi connectivity index (χ0v) is 11.2. The number of hydrogen-bond donors (Lipinski definition) is 0. The molecule has 2 heterocycles. The first-order valence-electron chi connectivity index (χ1n) is 6.14. The van der Waals surface area contributed by atoms with Gasteiger partial charge in [-0.3, -0.25) is 0 Å². The standard InChI is InChI=1S/C15H15N3O/c1-10-4-6-12-13(8-10)19-15(17-12)11-5-7-14(16-9-11)18(2)3/h4-9H,1-3H3. The molecule has 0 bridgehead atoms. The van der Waals surface area contributed by atoms with Gasteiger partial charge in [-0.15, -0.1) is 0 Å². The summed E-state index contributed by atoms with van der Waals surface area (Å²) in [7, 11) is 3.93. The Morgan fingerprint density at radius 1 is 1.11 bits per heavy atom. The number of rotatable bonds is 2. The van der Waals surface area contributed by atoms with E-state index >= 15 is 0 Å². The molecule has 4 nitrogen and oxygen atoms in total. The fourth-order valence-electron chi connectivity index (χ4n) is 1.93. The summed E-state index contributed by atoms with van der Waals surface area (Å²) in [4.78, 5) is 10.8. The Bertz CT molecular complexity index is 714. The van der Waals surface area contributed by atoms with Crippen LogP contribution in [0.5, 0.6) is 0 Å². The molecule has 1 aromatic carbocycles. The van der Waals surface area contributed by atoms with Crippen molar-refractivity contribution in [3.8, 4) is 11.5 Å². The van der Waals surface area contributed by atoms with Gasteiger partial charge in [0.1, 0.15) is 11.3 Å². The van der Waals surface area contributed by atoms with Crippen molar-refractivity contribution < 1.29 is 4.42 Å². The number of hydrogen-bond acceptors (Lipinski definition) is 4. The molecule has 0 saturated heterocycles. The minimum Gasteiger partial charge on any atom is -0.436 e. The van der Waals surface area contributed by atoms with Crippen molar-refractivity contribution in [1.82, 2.24) is 9.97 Å². The fraction of sp³-hybridized carbons (Fsp3) is 0.200. The zero-order valence-electron chi connectivity index (χ0n) is 11.2. The maximum atomic E-state index is 5.77. The number of aromatic nitrogens is 2. The molecule has 0 amide bonds. The molecule has 0 aliphatic heterocycles. The predicted octanol–water partition coefficient (Wildman–Crippen LogP) is 3.26. The van der Waals surface area contributed by atoms with E-state index in [1.165, 1.54) is 0 Å². The highest BCUT2D eigenvalue weighted by Crippen LogP contribution is 2.25. The van der Waals surface area contributed by atoms with Crippen LogP contribution in [0.2, 0.25) is 0 Å². The Morgan fingerprint density at radius 2 is 1.95 bits per heavy atom. The van der Waals surface area contributed by atoms with Gasteiger partial charge in [-0.2, -0.15) is 0 Å². The molecule has 0 N–H and O–H groups in total. The average Bonchev–Trinajstić information content (AvgIpc) is 2.81. The minimum absolute atomic E-state index is 0.610. The molecule has 0 fully saturated rings. The van der Waals surface area contributed by atoms with Gasteiger partial charge < -0.3 is 9.32 Å². The summed E-state index contributed by atoms with van der Waals surface area (Å²) in [5.41, 5.74) is 3.74. The van der Waals surface area contributed by atoms with Crippen molar-refractivity contribution in [3.63, 3.8) is 0 Å². The van der Waals surface area contributed by atoms with Crippen LogP contribution in [0.4, 0.5) is 5.82 Å². The van der Waals surface area contributed by atoms with Gasteiger partial charge in [0, 0.05) is 20.3 Å². The van der Waals surface area contributed by atoms with E-state index in [4.69, 9.17) is 4.42 Å². The van der Waals surface area contributed by atoms with Crippen molar-refractivity contribution in [1.29, 1.82) is 0 Å². The topological polar surface area (TPSA) is 42.2 Å². The molecular weight excluding hydrogens is 238 g/mol. The first kappa shape index (κ1) is 11.7. The third kappa shape index (κ3) is 2.17. The molecule has 0 aliphatic carbocycles. The lowest BCUT2D eigenvalue weighted by Crippen LogP contribution is -2.09. The van der Waals surface area contributed by atoms with E-state index in [-0.39, 0.29) is 0 Å². The zero-order chi connectivity index (χ0) is 13.4. The predicted molar refractivity (Wildman–Crippen MR) is 76.3 cm³/mol. The molecule has 3 aromatic rings. The lowest BCUT2D eigenvalue weighted by molar-refractivity contribution is 0.619. The highest BCUT2D eigenvalue weighted by molar-refractivity contribution is 5.76. The molecule has 96 valence electrons. The number of anilines is 1. The monoisotopic (exact) mass is 253 g/mol. The van der Waals surface area contributed by atoms with Crippen molar-refractivity contribution in [2.24, 2.45) is 0 Å². The fourth-order valence-corrected chi connectivity index (χ4v) is 1.93. The number of aryl methyl sites for hydroxylation is 1. The van der Waals surface area contributed by atoms with Crippen LogP contribution in [-0.4, -0.2) is 24.1 Å². The number of pyridine rings is 1. The number of benzene rings is 1. The summed E-state index contributed by atoms with van der Waals surface area (Å²) in [5.74, 6) is 1.52. The number of fused-ring (bicyclic) bond motifs is 1. The Kier molecular flexibility index (Phi) is 2.71. The molecule has 0 aliphatic rings. The van der Waals surface area contributed by atoms with Crippen LogP contribution in [0.25, 0.3) is 22.6 Å². The second-order valence-corrected chi connectivity index (χ2v) is 4.79. The van der Waals surface area contributed by atoms with Crippen molar-refractivity contribution in [2.45, 2.75) is 6.92 Å². The Labute approximate surface area is 111 Å². The summed E-state index contributed by atoms with van der Waals surface area (Å²) in [6, 6.07) is 9.92. The quantitative estimate of drug-likeness (QED) is 0.703. The van der Waals surface area contributed by atoms with Crippen LogP contribution < -0.4 is 4.90 Å². The molecule has 0 spiro atoms. The Morgan fingerprint density at radius 3 is 2.63 bits per heavy atom. The van der Waals surface area contributed by atoms with Gasteiger partial charge >= 0.3 is 0 Å². The maximum absolute atomic E-state index is 5.77. The molecule has 0 saturated carbocycles. The van der Waals surface area contributed by atoms with E-state index in [0.29, 0.717) is 5.89 Å². The summed E-state index contributed by atoms with van der Waals surface area (Å²) >= 11 is 0. The minimum atomic E-state index is 0.610. The molecule has 0 unspecified atom stereocenters. The van der Waals surface area contributed by atoms with Crippen molar-refractivity contribution >= 4 is 16.9 Å². The van der Waals surface area contributed by atoms with Gasteiger partial charge in [0.25, 0.3) is 0 Å². The first-order valence-corrected chi connectivity index (χ1v) is 6.14. The van der Waals surface area contributed by atoms with Crippen LogP contribution in [0.3, 0.4) is 0 Å². The molecule has 3 rings (SSSR count). The Hall–Kier alpha value is -2.36. The van der Waals surface area contributed by atoms with E-state index < -0.39 is 0 Å². The summed E-state index contributed by atoms with van der Waals surface area (Å²) < 4.78 is 5.77. The van der Waals surface area contributed by atoms with E-state index in [1.54, 1.807) is 6.20 Å². The maximum Gasteiger partial charge on any atom is 0.228 e. The smallest absolute Gasteiger partial charge is 0.228 e. The van der Waals surface area contributed by atoms with Crippen LogP contribution in [0.1, 0.15) is 5.56 Å². The average molecular weight is 253 g/mol. The molecule has 4 heteroatoms. The highest BCUT2D eigenvalue weighted by Gasteiger charge is 2.09. The molecular formula is C15H15N3O. The second-order valence-electron chi connectivity index (χ2n) is 4.79. The third-order valence-electron chi connectivity index (χ3n) is 3.00. The summed E-state index contributed by atoms with van der Waals surface area (Å²) in [6.45, 7) is 2.04. The van der Waals surface area contributed by atoms with Crippen LogP contribution in [0, 0.1) is 6.92 Å². The molecule has 2 aromatic heterocycles. The van der Waals surface area contributed by atoms with Gasteiger partial charge in [0.05, 0.1) is 5.56 Å². The van der Waals surface area contributed by atoms with Crippen molar-refractivity contribution in [3.05, 3.63) is 42.1 Å². The molecule has 19 heavy (non-hydrogen) atoms. The lowest BCUT2D eigenvalue weighted by atomic mass is 10.2. The van der Waals surface area contributed by atoms with Crippen LogP contribution in [-0.2, 0) is 0 Å². The summed E-state index contributed by atoms with van der Waals surface area (Å²) in [5, 5.41) is 0. The van der Waals surface area contributed by atoms with Gasteiger partial charge in [-0.1, -0.05) is 6.07 Å². The number of nitrogens with zero attached hydrogens (tertiary/aromatic N) is 3. The van der Waals surface area contributed by atoms with Crippen LogP contribution in [0.15, 0.2) is 40.9 Å². The number of oxazole rings is 1. The van der Waals surface area contributed by atoms with Crippen molar-refractivity contribution in [2.75, 3.05) is 19.0 Å². The van der Waals surface area contributed by atoms with E-state index in [0.717, 1.165) is 28.0 Å². The first-order chi connectivity index (χ1) is 9.13. The van der Waals surface area contributed by atoms with Gasteiger partial charge in [-0.05, 0) is 36.8 Å².